The van der Waals surface area contributed by atoms with Gasteiger partial charge in [0.1, 0.15) is 0 Å². The van der Waals surface area contributed by atoms with Crippen LogP contribution in [0.5, 0.6) is 0 Å². The Morgan fingerprint density at radius 2 is 2.33 bits per heavy atom. The van der Waals surface area contributed by atoms with Gasteiger partial charge in [-0.3, -0.25) is 0 Å². The number of halogens is 1. The second kappa shape index (κ2) is 5.25. The first-order valence-corrected chi connectivity index (χ1v) is 2.63. The van der Waals surface area contributed by atoms with Crippen molar-refractivity contribution >= 4 is 0 Å². The van der Waals surface area contributed by atoms with Crippen LogP contribution < -0.4 is 5.73 Å². The highest BCUT2D eigenvalue weighted by molar-refractivity contribution is 5.22. The molecule has 0 aromatic rings. The van der Waals surface area contributed by atoms with E-state index >= 15 is 0 Å². The average Bonchev–Trinajstić information content (AvgIpc) is 1.91. The van der Waals surface area contributed by atoms with Gasteiger partial charge in [0.15, 0.2) is 0 Å². The van der Waals surface area contributed by atoms with Gasteiger partial charge >= 0.3 is 0 Å². The van der Waals surface area contributed by atoms with Crippen LogP contribution in [0.1, 0.15) is 0 Å². The van der Waals surface area contributed by atoms with Crippen LogP contribution in [-0.2, 0) is 0 Å². The van der Waals surface area contributed by atoms with Crippen LogP contribution in [0.15, 0.2) is 36.7 Å². The molecule has 0 heterocycles. The van der Waals surface area contributed by atoms with Crippen molar-refractivity contribution < 1.29 is 4.39 Å². The van der Waals surface area contributed by atoms with Gasteiger partial charge < -0.3 is 5.73 Å². The molecule has 0 unspecified atom stereocenters. The SMILES string of the molecule is C=C/C(=C\C=C\F)CN. The molecule has 9 heavy (non-hydrogen) atoms. The summed E-state index contributed by atoms with van der Waals surface area (Å²) in [5, 5.41) is 0. The number of hydrogen-bond acceptors (Lipinski definition) is 1. The maximum Gasteiger partial charge on any atom is 0.0867 e. The van der Waals surface area contributed by atoms with E-state index in [1.165, 1.54) is 6.08 Å². The smallest absolute Gasteiger partial charge is 0.0867 e. The van der Waals surface area contributed by atoms with Gasteiger partial charge in [-0.25, -0.2) is 4.39 Å². The summed E-state index contributed by atoms with van der Waals surface area (Å²) in [5.74, 6) is 0. The molecule has 0 saturated carbocycles. The first-order chi connectivity index (χ1) is 4.35. The second-order valence-corrected chi connectivity index (χ2v) is 1.47. The maximum absolute atomic E-state index is 11.3. The molecule has 0 atom stereocenters. The summed E-state index contributed by atoms with van der Waals surface area (Å²) in [7, 11) is 0. The molecular weight excluding hydrogens is 117 g/mol. The van der Waals surface area contributed by atoms with E-state index in [-0.39, 0.29) is 0 Å². The van der Waals surface area contributed by atoms with Gasteiger partial charge in [0, 0.05) is 6.54 Å². The lowest BCUT2D eigenvalue weighted by Crippen LogP contribution is -1.99. The van der Waals surface area contributed by atoms with Crippen molar-refractivity contribution in [2.75, 3.05) is 6.54 Å². The number of rotatable bonds is 3. The molecule has 0 aliphatic rings. The summed E-state index contributed by atoms with van der Waals surface area (Å²) >= 11 is 0. The van der Waals surface area contributed by atoms with Gasteiger partial charge in [-0.1, -0.05) is 18.7 Å². The molecule has 1 nitrogen and oxygen atoms in total. The topological polar surface area (TPSA) is 26.0 Å². The Balaban J connectivity index is 3.90. The molecule has 0 aromatic heterocycles. The van der Waals surface area contributed by atoms with Crippen LogP contribution in [0.4, 0.5) is 4.39 Å². The molecule has 0 aliphatic carbocycles. The summed E-state index contributed by atoms with van der Waals surface area (Å²) in [6.45, 7) is 3.88. The highest BCUT2D eigenvalue weighted by Gasteiger charge is 1.80. The van der Waals surface area contributed by atoms with E-state index < -0.39 is 0 Å². The van der Waals surface area contributed by atoms with E-state index in [1.807, 2.05) is 0 Å². The Hall–Kier alpha value is -0.890. The van der Waals surface area contributed by atoms with Crippen LogP contribution in [0.2, 0.25) is 0 Å². The first kappa shape index (κ1) is 8.11. The molecule has 0 amide bonds. The van der Waals surface area contributed by atoms with E-state index in [0.717, 1.165) is 5.57 Å². The third-order valence-electron chi connectivity index (χ3n) is 0.881. The highest BCUT2D eigenvalue weighted by Crippen LogP contribution is 1.91. The van der Waals surface area contributed by atoms with Crippen LogP contribution in [-0.4, -0.2) is 6.54 Å². The summed E-state index contributed by atoms with van der Waals surface area (Å²) in [6.07, 6.45) is 4.91. The lowest BCUT2D eigenvalue weighted by Gasteiger charge is -1.89. The summed E-state index contributed by atoms with van der Waals surface area (Å²) in [5.41, 5.74) is 6.05. The Morgan fingerprint density at radius 1 is 1.67 bits per heavy atom. The second-order valence-electron chi connectivity index (χ2n) is 1.47. The van der Waals surface area contributed by atoms with Crippen molar-refractivity contribution in [3.8, 4) is 0 Å². The predicted octanol–water partition coefficient (Wildman–Crippen LogP) is 1.54. The Kier molecular flexibility index (Phi) is 4.73. The molecular formula is C7H10FN. The van der Waals surface area contributed by atoms with Gasteiger partial charge in [-0.2, -0.15) is 0 Å². The van der Waals surface area contributed by atoms with E-state index in [4.69, 9.17) is 5.73 Å². The van der Waals surface area contributed by atoms with Gasteiger partial charge in [-0.05, 0) is 11.6 Å². The van der Waals surface area contributed by atoms with Gasteiger partial charge in [0.05, 0.1) is 6.33 Å². The molecule has 0 saturated heterocycles. The van der Waals surface area contributed by atoms with Crippen LogP contribution in [0.3, 0.4) is 0 Å². The normalized spacial score (nSPS) is 12.4. The van der Waals surface area contributed by atoms with E-state index in [2.05, 4.69) is 6.58 Å². The molecule has 0 radical (unpaired) electrons. The first-order valence-electron chi connectivity index (χ1n) is 2.63. The molecule has 0 fully saturated rings. The van der Waals surface area contributed by atoms with Crippen molar-refractivity contribution in [2.24, 2.45) is 5.73 Å². The molecule has 0 bridgehead atoms. The Morgan fingerprint density at radius 3 is 2.67 bits per heavy atom. The quantitative estimate of drug-likeness (QED) is 0.572. The fraction of sp³-hybridized carbons (Fsp3) is 0.143. The monoisotopic (exact) mass is 127 g/mol. The summed E-state index contributed by atoms with van der Waals surface area (Å²) in [4.78, 5) is 0. The predicted molar refractivity (Wildman–Crippen MR) is 37.6 cm³/mol. The van der Waals surface area contributed by atoms with E-state index in [9.17, 15) is 4.39 Å². The Labute approximate surface area is 54.4 Å². The van der Waals surface area contributed by atoms with Gasteiger partial charge in [0.25, 0.3) is 0 Å². The van der Waals surface area contributed by atoms with Gasteiger partial charge in [0.2, 0.25) is 0 Å². The zero-order valence-electron chi connectivity index (χ0n) is 5.18. The lowest BCUT2D eigenvalue weighted by atomic mass is 10.2. The minimum absolute atomic E-state index is 0.397. The third kappa shape index (κ3) is 3.67. The molecule has 2 heteroatoms. The van der Waals surface area contributed by atoms with Crippen molar-refractivity contribution in [3.63, 3.8) is 0 Å². The largest absolute Gasteiger partial charge is 0.326 e. The van der Waals surface area contributed by atoms with Crippen molar-refractivity contribution in [1.29, 1.82) is 0 Å². The molecule has 0 aromatic carbocycles. The summed E-state index contributed by atoms with van der Waals surface area (Å²) < 4.78 is 11.3. The highest BCUT2D eigenvalue weighted by atomic mass is 19.1. The number of allylic oxidation sites excluding steroid dienone is 2. The van der Waals surface area contributed by atoms with Gasteiger partial charge in [-0.15, -0.1) is 0 Å². The zero-order valence-corrected chi connectivity index (χ0v) is 5.18. The average molecular weight is 127 g/mol. The third-order valence-corrected chi connectivity index (χ3v) is 0.881. The van der Waals surface area contributed by atoms with Crippen molar-refractivity contribution in [2.45, 2.75) is 0 Å². The van der Waals surface area contributed by atoms with Crippen molar-refractivity contribution in [3.05, 3.63) is 36.7 Å². The zero-order chi connectivity index (χ0) is 7.11. The van der Waals surface area contributed by atoms with Crippen LogP contribution in [0.25, 0.3) is 0 Å². The van der Waals surface area contributed by atoms with E-state index in [1.54, 1.807) is 12.2 Å². The fourth-order valence-corrected chi connectivity index (χ4v) is 0.379. The summed E-state index contributed by atoms with van der Waals surface area (Å²) in [6, 6.07) is 0. The standard InChI is InChI=1S/C7H10FN/c1-2-7(6-9)4-3-5-8/h2-5H,1,6,9H2/b5-3+,7-4+. The molecule has 2 N–H and O–H groups in total. The maximum atomic E-state index is 11.3. The minimum atomic E-state index is 0.397. The minimum Gasteiger partial charge on any atom is -0.326 e. The molecule has 50 valence electrons. The van der Waals surface area contributed by atoms with E-state index in [0.29, 0.717) is 12.9 Å². The molecule has 0 rings (SSSR count). The molecule has 0 spiro atoms. The van der Waals surface area contributed by atoms with Crippen LogP contribution in [0, 0.1) is 0 Å². The molecule has 0 aliphatic heterocycles. The number of hydrogen-bond donors (Lipinski definition) is 1. The lowest BCUT2D eigenvalue weighted by molar-refractivity contribution is 0.721. The van der Waals surface area contributed by atoms with Crippen LogP contribution >= 0.6 is 0 Å². The Bertz CT molecular complexity index is 136. The van der Waals surface area contributed by atoms with Crippen molar-refractivity contribution in [1.82, 2.24) is 0 Å². The number of nitrogens with two attached hydrogens (primary N) is 1. The fourth-order valence-electron chi connectivity index (χ4n) is 0.379.